The summed E-state index contributed by atoms with van der Waals surface area (Å²) in [5.74, 6) is 2.01. The number of aryl methyl sites for hydroxylation is 1. The van der Waals surface area contributed by atoms with Gasteiger partial charge in [-0.1, -0.05) is 30.3 Å². The summed E-state index contributed by atoms with van der Waals surface area (Å²) < 4.78 is 6.04. The van der Waals surface area contributed by atoms with Crippen LogP contribution in [0.15, 0.2) is 66.7 Å². The molecule has 0 aromatic heterocycles. The summed E-state index contributed by atoms with van der Waals surface area (Å²) in [7, 11) is 0. The number of phenolic OH excluding ortho intramolecular Hbond substituents is 2. The van der Waals surface area contributed by atoms with Crippen LogP contribution < -0.4 is 10.1 Å². The summed E-state index contributed by atoms with van der Waals surface area (Å²) in [5, 5.41) is 23.2. The maximum Gasteiger partial charge on any atom is 0.119 e. The molecule has 0 bridgehead atoms. The monoisotopic (exact) mass is 444 g/mol. The zero-order chi connectivity index (χ0) is 22.6. The van der Waals surface area contributed by atoms with Crippen LogP contribution in [0.1, 0.15) is 40.5 Å². The molecule has 5 rings (SSSR count). The van der Waals surface area contributed by atoms with Crippen molar-refractivity contribution in [2.24, 2.45) is 0 Å². The van der Waals surface area contributed by atoms with Gasteiger partial charge in [0.15, 0.2) is 0 Å². The second-order valence-corrected chi connectivity index (χ2v) is 9.11. The lowest BCUT2D eigenvalue weighted by Gasteiger charge is -2.35. The number of fused-ring (bicyclic) bond motifs is 1. The van der Waals surface area contributed by atoms with Crippen molar-refractivity contribution in [2.75, 3.05) is 39.3 Å². The van der Waals surface area contributed by atoms with Gasteiger partial charge >= 0.3 is 0 Å². The van der Waals surface area contributed by atoms with Crippen LogP contribution in [-0.4, -0.2) is 54.4 Å². The average Bonchev–Trinajstić information content (AvgIpc) is 2.85. The van der Waals surface area contributed by atoms with Gasteiger partial charge in [-0.2, -0.15) is 0 Å². The molecule has 2 atom stereocenters. The third-order valence-corrected chi connectivity index (χ3v) is 7.03. The van der Waals surface area contributed by atoms with E-state index in [1.807, 2.05) is 18.2 Å². The average molecular weight is 445 g/mol. The number of aromatic hydroxyl groups is 2. The lowest BCUT2D eigenvalue weighted by Crippen LogP contribution is -2.44. The van der Waals surface area contributed by atoms with Crippen LogP contribution in [0, 0.1) is 0 Å². The molecule has 5 nitrogen and oxygen atoms in total. The summed E-state index contributed by atoms with van der Waals surface area (Å²) in [5.41, 5.74) is 4.96. The van der Waals surface area contributed by atoms with Crippen molar-refractivity contribution in [2.45, 2.75) is 24.7 Å². The van der Waals surface area contributed by atoms with Gasteiger partial charge in [-0.3, -0.25) is 4.90 Å². The summed E-state index contributed by atoms with van der Waals surface area (Å²) in [6, 6.07) is 21.9. The predicted molar refractivity (Wildman–Crippen MR) is 130 cm³/mol. The molecule has 1 aliphatic carbocycles. The number of hydrogen-bond acceptors (Lipinski definition) is 5. The molecule has 3 aromatic carbocycles. The van der Waals surface area contributed by atoms with E-state index in [1.54, 1.807) is 18.2 Å². The standard InChI is InChI=1S/C28H32N2O3/c31-23-6-1-20(2-7-23)26-11-5-22-19-24(32)8-12-27(22)28(26)21-3-9-25(10-4-21)33-18-17-30-15-13-29-14-16-30/h1-4,6-10,12,19,26,28-29,31-32H,5,11,13-18H2/t26-,28+/m1/s1. The molecular weight excluding hydrogens is 412 g/mol. The number of piperazine rings is 1. The Kier molecular flexibility index (Phi) is 6.51. The van der Waals surface area contributed by atoms with Crippen molar-refractivity contribution in [3.63, 3.8) is 0 Å². The van der Waals surface area contributed by atoms with Gasteiger partial charge < -0.3 is 20.3 Å². The van der Waals surface area contributed by atoms with Crippen molar-refractivity contribution in [3.8, 4) is 17.2 Å². The molecule has 0 amide bonds. The summed E-state index contributed by atoms with van der Waals surface area (Å²) in [6.45, 7) is 5.91. The summed E-state index contributed by atoms with van der Waals surface area (Å²) in [4.78, 5) is 2.43. The lowest BCUT2D eigenvalue weighted by molar-refractivity contribution is 0.191. The van der Waals surface area contributed by atoms with Gasteiger partial charge in [0.05, 0.1) is 0 Å². The molecule has 0 saturated carbocycles. The Balaban J connectivity index is 1.36. The van der Waals surface area contributed by atoms with Crippen LogP contribution in [0.3, 0.4) is 0 Å². The maximum atomic E-state index is 10.0. The van der Waals surface area contributed by atoms with Crippen molar-refractivity contribution in [1.29, 1.82) is 0 Å². The first-order chi connectivity index (χ1) is 16.2. The number of phenols is 2. The number of nitrogens with zero attached hydrogens (tertiary/aromatic N) is 1. The van der Waals surface area contributed by atoms with Crippen molar-refractivity contribution < 1.29 is 14.9 Å². The van der Waals surface area contributed by atoms with Crippen molar-refractivity contribution >= 4 is 0 Å². The molecule has 3 N–H and O–H groups in total. The molecule has 2 aliphatic rings. The Bertz CT molecular complexity index is 1060. The van der Waals surface area contributed by atoms with E-state index >= 15 is 0 Å². The Labute approximate surface area is 195 Å². The number of rotatable bonds is 6. The highest BCUT2D eigenvalue weighted by atomic mass is 16.5. The van der Waals surface area contributed by atoms with E-state index in [0.717, 1.165) is 51.3 Å². The summed E-state index contributed by atoms with van der Waals surface area (Å²) in [6.07, 6.45) is 1.92. The third kappa shape index (κ3) is 5.00. The quantitative estimate of drug-likeness (QED) is 0.531. The van der Waals surface area contributed by atoms with E-state index in [0.29, 0.717) is 24.0 Å². The Morgan fingerprint density at radius 1 is 0.848 bits per heavy atom. The molecule has 33 heavy (non-hydrogen) atoms. The van der Waals surface area contributed by atoms with Gasteiger partial charge in [0.1, 0.15) is 23.9 Å². The van der Waals surface area contributed by atoms with E-state index < -0.39 is 0 Å². The van der Waals surface area contributed by atoms with Gasteiger partial charge in [0, 0.05) is 38.6 Å². The SMILES string of the molecule is Oc1ccc([C@H]2CCc3cc(O)ccc3[C@H]2c2ccc(OCCN3CCNCC3)cc2)cc1. The molecule has 0 unspecified atom stereocenters. The molecule has 1 heterocycles. The minimum absolute atomic E-state index is 0.189. The first-order valence-electron chi connectivity index (χ1n) is 11.9. The molecule has 0 radical (unpaired) electrons. The van der Waals surface area contributed by atoms with Crippen LogP contribution in [0.5, 0.6) is 17.2 Å². The van der Waals surface area contributed by atoms with E-state index in [2.05, 4.69) is 40.5 Å². The van der Waals surface area contributed by atoms with E-state index in [9.17, 15) is 10.2 Å². The Morgan fingerprint density at radius 2 is 1.55 bits per heavy atom. The number of hydrogen-bond donors (Lipinski definition) is 3. The largest absolute Gasteiger partial charge is 0.508 e. The van der Waals surface area contributed by atoms with Gasteiger partial charge in [-0.15, -0.1) is 0 Å². The molecular formula is C28H32N2O3. The first kappa shape index (κ1) is 21.8. The highest BCUT2D eigenvalue weighted by Gasteiger charge is 2.32. The predicted octanol–water partition coefficient (Wildman–Crippen LogP) is 4.24. The molecule has 3 aromatic rings. The maximum absolute atomic E-state index is 10.0. The highest BCUT2D eigenvalue weighted by Crippen LogP contribution is 2.47. The van der Waals surface area contributed by atoms with Crippen LogP contribution in [0.2, 0.25) is 0 Å². The van der Waals surface area contributed by atoms with E-state index in [-0.39, 0.29) is 5.92 Å². The van der Waals surface area contributed by atoms with Crippen LogP contribution in [0.25, 0.3) is 0 Å². The van der Waals surface area contributed by atoms with Gasteiger partial charge in [0.25, 0.3) is 0 Å². The number of nitrogens with one attached hydrogen (secondary N) is 1. The van der Waals surface area contributed by atoms with Gasteiger partial charge in [0.2, 0.25) is 0 Å². The first-order valence-corrected chi connectivity index (χ1v) is 11.9. The fraction of sp³-hybridized carbons (Fsp3) is 0.357. The minimum Gasteiger partial charge on any atom is -0.508 e. The number of benzene rings is 3. The third-order valence-electron chi connectivity index (χ3n) is 7.03. The lowest BCUT2D eigenvalue weighted by atomic mass is 9.69. The highest BCUT2D eigenvalue weighted by molar-refractivity contribution is 5.48. The molecule has 1 aliphatic heterocycles. The smallest absolute Gasteiger partial charge is 0.119 e. The van der Waals surface area contributed by atoms with Crippen molar-refractivity contribution in [3.05, 3.63) is 89.0 Å². The molecule has 172 valence electrons. The molecule has 1 fully saturated rings. The molecule has 1 saturated heterocycles. The minimum atomic E-state index is 0.189. The van der Waals surface area contributed by atoms with Crippen molar-refractivity contribution in [1.82, 2.24) is 10.2 Å². The second kappa shape index (κ2) is 9.86. The zero-order valence-corrected chi connectivity index (χ0v) is 18.9. The second-order valence-electron chi connectivity index (χ2n) is 9.11. The topological polar surface area (TPSA) is 65.0 Å². The zero-order valence-electron chi connectivity index (χ0n) is 18.9. The Morgan fingerprint density at radius 3 is 2.30 bits per heavy atom. The molecule has 5 heteroatoms. The normalized spacial score (nSPS) is 20.8. The van der Waals surface area contributed by atoms with E-state index in [4.69, 9.17) is 4.74 Å². The van der Waals surface area contributed by atoms with Gasteiger partial charge in [-0.05, 0) is 77.4 Å². The fourth-order valence-electron chi connectivity index (χ4n) is 5.30. The van der Waals surface area contributed by atoms with E-state index in [1.165, 1.54) is 22.3 Å². The van der Waals surface area contributed by atoms with Gasteiger partial charge in [-0.25, -0.2) is 0 Å². The fourth-order valence-corrected chi connectivity index (χ4v) is 5.30. The van der Waals surface area contributed by atoms with Crippen LogP contribution >= 0.6 is 0 Å². The summed E-state index contributed by atoms with van der Waals surface area (Å²) >= 11 is 0. The van der Waals surface area contributed by atoms with Crippen LogP contribution in [-0.2, 0) is 6.42 Å². The van der Waals surface area contributed by atoms with Crippen LogP contribution in [0.4, 0.5) is 0 Å². The molecule has 0 spiro atoms. The Hall–Kier alpha value is -3.02. The number of ether oxygens (including phenoxy) is 1.